The summed E-state index contributed by atoms with van der Waals surface area (Å²) in [5, 5.41) is 0. The van der Waals surface area contributed by atoms with Crippen LogP contribution in [0.4, 0.5) is 0 Å². The number of Topliss-reactive ketones (excluding diaryl/α,β-unsaturated/α-hetero) is 1. The third-order valence-electron chi connectivity index (χ3n) is 4.48. The molecular formula is C13H23NO2. The van der Waals surface area contributed by atoms with Crippen LogP contribution in [-0.4, -0.2) is 25.0 Å². The van der Waals surface area contributed by atoms with Gasteiger partial charge in [-0.15, -0.1) is 0 Å². The second kappa shape index (κ2) is 4.84. The molecule has 2 N–H and O–H groups in total. The van der Waals surface area contributed by atoms with E-state index in [0.29, 0.717) is 18.1 Å². The summed E-state index contributed by atoms with van der Waals surface area (Å²) in [7, 11) is 0. The van der Waals surface area contributed by atoms with Crippen molar-refractivity contribution in [3.8, 4) is 0 Å². The Morgan fingerprint density at radius 2 is 2.06 bits per heavy atom. The largest absolute Gasteiger partial charge is 0.381 e. The van der Waals surface area contributed by atoms with Crippen molar-refractivity contribution in [3.05, 3.63) is 0 Å². The first-order valence-corrected chi connectivity index (χ1v) is 6.49. The van der Waals surface area contributed by atoms with E-state index in [1.54, 1.807) is 0 Å². The van der Waals surface area contributed by atoms with E-state index in [1.165, 1.54) is 0 Å². The van der Waals surface area contributed by atoms with E-state index in [2.05, 4.69) is 6.92 Å². The molecule has 0 aromatic rings. The highest BCUT2D eigenvalue weighted by Gasteiger charge is 2.42. The number of ketones is 1. The number of hydrogen-bond acceptors (Lipinski definition) is 3. The maximum absolute atomic E-state index is 12.3. The van der Waals surface area contributed by atoms with E-state index in [4.69, 9.17) is 10.5 Å². The van der Waals surface area contributed by atoms with Gasteiger partial charge in [0.1, 0.15) is 5.78 Å². The summed E-state index contributed by atoms with van der Waals surface area (Å²) < 4.78 is 5.32. The fourth-order valence-electron chi connectivity index (χ4n) is 2.99. The Kier molecular flexibility index (Phi) is 3.65. The SMILES string of the molecule is CC1(C(=O)CC2CCOCC2)CCCC1N. The van der Waals surface area contributed by atoms with E-state index < -0.39 is 0 Å². The quantitative estimate of drug-likeness (QED) is 0.798. The van der Waals surface area contributed by atoms with E-state index in [0.717, 1.165) is 45.3 Å². The highest BCUT2D eigenvalue weighted by Crippen LogP contribution is 2.39. The zero-order valence-corrected chi connectivity index (χ0v) is 10.2. The second-order valence-corrected chi connectivity index (χ2v) is 5.60. The molecule has 3 heteroatoms. The topological polar surface area (TPSA) is 52.3 Å². The van der Waals surface area contributed by atoms with Gasteiger partial charge >= 0.3 is 0 Å². The molecule has 3 nitrogen and oxygen atoms in total. The smallest absolute Gasteiger partial charge is 0.140 e. The lowest BCUT2D eigenvalue weighted by Gasteiger charge is -2.30. The minimum absolute atomic E-state index is 0.0832. The van der Waals surface area contributed by atoms with Gasteiger partial charge in [-0.05, 0) is 31.6 Å². The summed E-state index contributed by atoms with van der Waals surface area (Å²) in [6.45, 7) is 3.70. The van der Waals surface area contributed by atoms with Crippen molar-refractivity contribution in [2.24, 2.45) is 17.1 Å². The summed E-state index contributed by atoms with van der Waals surface area (Å²) in [6, 6.07) is 0.0832. The van der Waals surface area contributed by atoms with Gasteiger partial charge < -0.3 is 10.5 Å². The number of carbonyl (C=O) groups excluding carboxylic acids is 1. The van der Waals surface area contributed by atoms with Gasteiger partial charge in [0.15, 0.2) is 0 Å². The van der Waals surface area contributed by atoms with E-state index in [-0.39, 0.29) is 11.5 Å². The Balaban J connectivity index is 1.91. The van der Waals surface area contributed by atoms with Crippen LogP contribution < -0.4 is 5.73 Å². The lowest BCUT2D eigenvalue weighted by Crippen LogP contribution is -2.42. The number of nitrogens with two attached hydrogens (primary N) is 1. The first kappa shape index (κ1) is 12.1. The molecule has 0 bridgehead atoms. The number of hydrogen-bond donors (Lipinski definition) is 1. The predicted molar refractivity (Wildman–Crippen MR) is 63.1 cm³/mol. The molecule has 92 valence electrons. The summed E-state index contributed by atoms with van der Waals surface area (Å²) in [4.78, 5) is 12.3. The van der Waals surface area contributed by atoms with Crippen LogP contribution in [0, 0.1) is 11.3 Å². The van der Waals surface area contributed by atoms with Crippen molar-refractivity contribution < 1.29 is 9.53 Å². The lowest BCUT2D eigenvalue weighted by atomic mass is 9.76. The monoisotopic (exact) mass is 225 g/mol. The first-order chi connectivity index (χ1) is 7.63. The second-order valence-electron chi connectivity index (χ2n) is 5.60. The zero-order valence-electron chi connectivity index (χ0n) is 10.2. The fourth-order valence-corrected chi connectivity index (χ4v) is 2.99. The van der Waals surface area contributed by atoms with Gasteiger partial charge in [0.05, 0.1) is 0 Å². The molecule has 1 aliphatic carbocycles. The van der Waals surface area contributed by atoms with Crippen LogP contribution in [0.2, 0.25) is 0 Å². The van der Waals surface area contributed by atoms with Crippen molar-refractivity contribution in [1.82, 2.24) is 0 Å². The van der Waals surface area contributed by atoms with Gasteiger partial charge in [-0.1, -0.05) is 13.3 Å². The van der Waals surface area contributed by atoms with Crippen LogP contribution in [0.15, 0.2) is 0 Å². The molecule has 1 aliphatic heterocycles. The molecule has 16 heavy (non-hydrogen) atoms. The van der Waals surface area contributed by atoms with Gasteiger partial charge in [0.2, 0.25) is 0 Å². The van der Waals surface area contributed by atoms with E-state index in [9.17, 15) is 4.79 Å². The first-order valence-electron chi connectivity index (χ1n) is 6.49. The van der Waals surface area contributed by atoms with Gasteiger partial charge in [-0.25, -0.2) is 0 Å². The molecule has 2 fully saturated rings. The number of ether oxygens (including phenoxy) is 1. The lowest BCUT2D eigenvalue weighted by molar-refractivity contribution is -0.129. The highest BCUT2D eigenvalue weighted by molar-refractivity contribution is 5.85. The number of carbonyl (C=O) groups is 1. The molecule has 0 spiro atoms. The van der Waals surface area contributed by atoms with Gasteiger partial charge in [-0.2, -0.15) is 0 Å². The van der Waals surface area contributed by atoms with Crippen molar-refractivity contribution >= 4 is 5.78 Å². The Labute approximate surface area is 97.7 Å². The third-order valence-corrected chi connectivity index (χ3v) is 4.48. The molecule has 1 heterocycles. The molecule has 2 unspecified atom stereocenters. The molecule has 2 atom stereocenters. The van der Waals surface area contributed by atoms with Crippen LogP contribution in [-0.2, 0) is 9.53 Å². The van der Waals surface area contributed by atoms with Crippen molar-refractivity contribution in [3.63, 3.8) is 0 Å². The summed E-state index contributed by atoms with van der Waals surface area (Å²) >= 11 is 0. The van der Waals surface area contributed by atoms with Gasteiger partial charge in [-0.3, -0.25) is 4.79 Å². The van der Waals surface area contributed by atoms with Gasteiger partial charge in [0, 0.05) is 31.1 Å². The third kappa shape index (κ3) is 2.30. The highest BCUT2D eigenvalue weighted by atomic mass is 16.5. The number of rotatable bonds is 3. The van der Waals surface area contributed by atoms with Crippen LogP contribution in [0.3, 0.4) is 0 Å². The van der Waals surface area contributed by atoms with E-state index in [1.807, 2.05) is 0 Å². The molecule has 1 saturated heterocycles. The average Bonchev–Trinajstić information content (AvgIpc) is 2.62. The Morgan fingerprint density at radius 1 is 1.38 bits per heavy atom. The molecule has 0 amide bonds. The molecule has 0 aromatic carbocycles. The molecular weight excluding hydrogens is 202 g/mol. The zero-order chi connectivity index (χ0) is 11.6. The summed E-state index contributed by atoms with van der Waals surface area (Å²) in [5.41, 5.74) is 5.84. The maximum Gasteiger partial charge on any atom is 0.140 e. The van der Waals surface area contributed by atoms with Crippen LogP contribution in [0.1, 0.15) is 45.4 Å². The summed E-state index contributed by atoms with van der Waals surface area (Å²) in [6.07, 6.45) is 5.89. The normalized spacial score (nSPS) is 36.5. The molecule has 0 aromatic heterocycles. The Bertz CT molecular complexity index is 261. The molecule has 0 radical (unpaired) electrons. The Hall–Kier alpha value is -0.410. The van der Waals surface area contributed by atoms with Crippen LogP contribution in [0.25, 0.3) is 0 Å². The van der Waals surface area contributed by atoms with Crippen molar-refractivity contribution in [2.75, 3.05) is 13.2 Å². The Morgan fingerprint density at radius 3 is 2.62 bits per heavy atom. The van der Waals surface area contributed by atoms with Gasteiger partial charge in [0.25, 0.3) is 0 Å². The maximum atomic E-state index is 12.3. The van der Waals surface area contributed by atoms with Crippen molar-refractivity contribution in [2.45, 2.75) is 51.5 Å². The fraction of sp³-hybridized carbons (Fsp3) is 0.923. The molecule has 2 rings (SSSR count). The van der Waals surface area contributed by atoms with Crippen molar-refractivity contribution in [1.29, 1.82) is 0 Å². The van der Waals surface area contributed by atoms with Crippen LogP contribution in [0.5, 0.6) is 0 Å². The predicted octanol–water partition coefficient (Wildman–Crippen LogP) is 1.89. The standard InChI is InChI=1S/C13H23NO2/c1-13(6-2-3-11(13)14)12(15)9-10-4-7-16-8-5-10/h10-11H,2-9,14H2,1H3. The molecule has 1 saturated carbocycles. The van der Waals surface area contributed by atoms with E-state index >= 15 is 0 Å². The summed E-state index contributed by atoms with van der Waals surface area (Å²) in [5.74, 6) is 0.926. The minimum atomic E-state index is -0.238. The minimum Gasteiger partial charge on any atom is -0.381 e. The average molecular weight is 225 g/mol. The van der Waals surface area contributed by atoms with Crippen LogP contribution >= 0.6 is 0 Å². The molecule has 2 aliphatic rings.